The highest BCUT2D eigenvalue weighted by molar-refractivity contribution is 5.85. The van der Waals surface area contributed by atoms with E-state index in [0.717, 1.165) is 38.8 Å². The van der Waals surface area contributed by atoms with Crippen molar-refractivity contribution in [2.75, 3.05) is 13.1 Å². The third-order valence-corrected chi connectivity index (χ3v) is 7.40. The zero-order valence-corrected chi connectivity index (χ0v) is 19.2. The van der Waals surface area contributed by atoms with E-state index in [4.69, 9.17) is 0 Å². The van der Waals surface area contributed by atoms with Crippen LogP contribution in [0.1, 0.15) is 89.8 Å². The topological polar surface area (TPSA) is 20.3 Å². The molecule has 2 atom stereocenters. The van der Waals surface area contributed by atoms with E-state index in [1.54, 1.807) is 11.1 Å². The molecule has 0 N–H and O–H groups in total. The lowest BCUT2D eigenvalue weighted by Gasteiger charge is -2.45. The van der Waals surface area contributed by atoms with Crippen molar-refractivity contribution >= 4 is 5.78 Å². The number of aryl methyl sites for hydroxylation is 1. The third kappa shape index (κ3) is 5.20. The first kappa shape index (κ1) is 22.3. The highest BCUT2D eigenvalue weighted by Gasteiger charge is 2.43. The summed E-state index contributed by atoms with van der Waals surface area (Å²) in [5, 5.41) is 0. The quantitative estimate of drug-likeness (QED) is 0.476. The lowest BCUT2D eigenvalue weighted by molar-refractivity contribution is -0.134. The number of piperidine rings is 1. The van der Waals surface area contributed by atoms with Gasteiger partial charge in [-0.15, -0.1) is 6.58 Å². The second kappa shape index (κ2) is 9.16. The van der Waals surface area contributed by atoms with Crippen molar-refractivity contribution in [1.29, 1.82) is 0 Å². The summed E-state index contributed by atoms with van der Waals surface area (Å²) in [6.07, 6.45) is 10.6. The number of Topliss-reactive ketones (excluding diaryl/α,β-unsaturated/α-hetero) is 1. The first-order valence-corrected chi connectivity index (χ1v) is 11.7. The number of ketones is 1. The second-order valence-corrected chi connectivity index (χ2v) is 10.8. The molecular weight excluding hydrogens is 354 g/mol. The molecule has 1 aromatic rings. The minimum absolute atomic E-state index is 0.0546. The summed E-state index contributed by atoms with van der Waals surface area (Å²) >= 11 is 0. The second-order valence-electron chi connectivity index (χ2n) is 10.8. The first-order chi connectivity index (χ1) is 13.7. The molecule has 29 heavy (non-hydrogen) atoms. The van der Waals surface area contributed by atoms with Crippen molar-refractivity contribution < 1.29 is 4.79 Å². The van der Waals surface area contributed by atoms with E-state index in [1.165, 1.54) is 19.3 Å². The molecule has 2 heteroatoms. The van der Waals surface area contributed by atoms with Gasteiger partial charge in [0.25, 0.3) is 0 Å². The van der Waals surface area contributed by atoms with Gasteiger partial charge in [-0.25, -0.2) is 0 Å². The maximum Gasteiger partial charge on any atom is 0.139 e. The summed E-state index contributed by atoms with van der Waals surface area (Å²) in [5.74, 6) is 0.959. The molecule has 1 aliphatic heterocycles. The van der Waals surface area contributed by atoms with Gasteiger partial charge in [-0.1, -0.05) is 58.0 Å². The van der Waals surface area contributed by atoms with Crippen molar-refractivity contribution in [1.82, 2.24) is 4.90 Å². The van der Waals surface area contributed by atoms with Crippen LogP contribution in [0.15, 0.2) is 36.9 Å². The predicted octanol–water partition coefficient (Wildman–Crippen LogP) is 6.75. The van der Waals surface area contributed by atoms with Crippen molar-refractivity contribution in [3.8, 4) is 0 Å². The van der Waals surface area contributed by atoms with E-state index >= 15 is 0 Å². The first-order valence-electron chi connectivity index (χ1n) is 11.7. The summed E-state index contributed by atoms with van der Waals surface area (Å²) in [6, 6.07) is 9.60. The molecule has 0 saturated carbocycles. The van der Waals surface area contributed by atoms with E-state index in [-0.39, 0.29) is 10.8 Å². The lowest BCUT2D eigenvalue weighted by atomic mass is 9.64. The fraction of sp³-hybridized carbons (Fsp3) is 0.667. The van der Waals surface area contributed by atoms with Crippen LogP contribution in [0.3, 0.4) is 0 Å². The number of allylic oxidation sites excluding steroid dienone is 1. The summed E-state index contributed by atoms with van der Waals surface area (Å²) < 4.78 is 0. The molecule has 0 radical (unpaired) electrons. The molecule has 0 spiro atoms. The Morgan fingerprint density at radius 2 is 1.83 bits per heavy atom. The van der Waals surface area contributed by atoms with Crippen molar-refractivity contribution in [2.24, 2.45) is 16.7 Å². The normalized spacial score (nSPS) is 23.2. The highest BCUT2D eigenvalue weighted by Crippen LogP contribution is 2.45. The highest BCUT2D eigenvalue weighted by atomic mass is 16.1. The van der Waals surface area contributed by atoms with Crippen LogP contribution in [-0.2, 0) is 11.2 Å². The molecule has 3 rings (SSSR count). The largest absolute Gasteiger partial charge is 0.299 e. The Morgan fingerprint density at radius 3 is 2.48 bits per heavy atom. The van der Waals surface area contributed by atoms with Gasteiger partial charge in [0.2, 0.25) is 0 Å². The van der Waals surface area contributed by atoms with Crippen LogP contribution in [-0.4, -0.2) is 23.8 Å². The van der Waals surface area contributed by atoms with Crippen molar-refractivity contribution in [3.05, 3.63) is 48.0 Å². The van der Waals surface area contributed by atoms with Crippen LogP contribution in [0, 0.1) is 16.7 Å². The van der Waals surface area contributed by atoms with Crippen LogP contribution in [0.5, 0.6) is 0 Å². The summed E-state index contributed by atoms with van der Waals surface area (Å²) in [6.45, 7) is 15.0. The molecule has 2 nitrogen and oxygen atoms in total. The molecule has 1 saturated heterocycles. The molecule has 0 bridgehead atoms. The Hall–Kier alpha value is -1.41. The van der Waals surface area contributed by atoms with Crippen LogP contribution >= 0.6 is 0 Å². The molecule has 160 valence electrons. The van der Waals surface area contributed by atoms with E-state index in [9.17, 15) is 4.79 Å². The van der Waals surface area contributed by atoms with Crippen LogP contribution in [0.2, 0.25) is 0 Å². The Labute approximate surface area is 178 Å². The minimum Gasteiger partial charge on any atom is -0.299 e. The van der Waals surface area contributed by atoms with Crippen LogP contribution < -0.4 is 0 Å². The summed E-state index contributed by atoms with van der Waals surface area (Å²) in [7, 11) is 0. The van der Waals surface area contributed by atoms with Gasteiger partial charge in [0, 0.05) is 17.9 Å². The number of nitrogens with zero attached hydrogens (tertiary/aromatic N) is 1. The van der Waals surface area contributed by atoms with Gasteiger partial charge in [0.1, 0.15) is 5.78 Å². The van der Waals surface area contributed by atoms with Gasteiger partial charge in [-0.2, -0.15) is 0 Å². The Balaban J connectivity index is 1.70. The summed E-state index contributed by atoms with van der Waals surface area (Å²) in [5.41, 5.74) is 2.94. The lowest BCUT2D eigenvalue weighted by Crippen LogP contribution is -2.45. The van der Waals surface area contributed by atoms with Gasteiger partial charge in [-0.05, 0) is 80.5 Å². The number of likely N-dealkylation sites (tertiary alicyclic amines) is 1. The zero-order chi connectivity index (χ0) is 21.1. The molecule has 2 aliphatic rings. The molecule has 2 unspecified atom stereocenters. The van der Waals surface area contributed by atoms with Gasteiger partial charge < -0.3 is 0 Å². The third-order valence-electron chi connectivity index (χ3n) is 7.40. The SMILES string of the molecule is C=CCCC(C)(C(=O)CC(C)(C)C)C1CCN(C2CCCc3ccccc32)CC1. The molecule has 0 aromatic heterocycles. The number of fused-ring (bicyclic) bond motifs is 1. The van der Waals surface area contributed by atoms with E-state index in [2.05, 4.69) is 63.4 Å². The number of carbonyl (C=O) groups excluding carboxylic acids is 1. The van der Waals surface area contributed by atoms with Gasteiger partial charge in [0.15, 0.2) is 0 Å². The van der Waals surface area contributed by atoms with E-state index < -0.39 is 0 Å². The smallest absolute Gasteiger partial charge is 0.139 e. The maximum atomic E-state index is 13.4. The molecule has 1 heterocycles. The number of rotatable bonds is 7. The number of benzene rings is 1. The fourth-order valence-electron chi connectivity index (χ4n) is 5.61. The summed E-state index contributed by atoms with van der Waals surface area (Å²) in [4.78, 5) is 16.1. The average Bonchev–Trinajstić information content (AvgIpc) is 2.70. The molecular formula is C27H41NO. The van der Waals surface area contributed by atoms with Crippen molar-refractivity contribution in [2.45, 2.75) is 85.1 Å². The monoisotopic (exact) mass is 395 g/mol. The van der Waals surface area contributed by atoms with Crippen molar-refractivity contribution in [3.63, 3.8) is 0 Å². The Morgan fingerprint density at radius 1 is 1.14 bits per heavy atom. The maximum absolute atomic E-state index is 13.4. The number of hydrogen-bond acceptors (Lipinski definition) is 2. The van der Waals surface area contributed by atoms with Gasteiger partial charge >= 0.3 is 0 Å². The zero-order valence-electron chi connectivity index (χ0n) is 19.2. The number of carbonyl (C=O) groups is 1. The van der Waals surface area contributed by atoms with Gasteiger partial charge in [-0.3, -0.25) is 9.69 Å². The van der Waals surface area contributed by atoms with Crippen LogP contribution in [0.4, 0.5) is 0 Å². The Kier molecular flexibility index (Phi) is 7.04. The molecule has 1 aromatic carbocycles. The Bertz CT molecular complexity index is 707. The number of hydrogen-bond donors (Lipinski definition) is 0. The fourth-order valence-corrected chi connectivity index (χ4v) is 5.61. The average molecular weight is 396 g/mol. The van der Waals surface area contributed by atoms with E-state index in [1.807, 2.05) is 6.08 Å². The molecule has 1 aliphatic carbocycles. The van der Waals surface area contributed by atoms with E-state index in [0.29, 0.717) is 24.2 Å². The van der Waals surface area contributed by atoms with Crippen LogP contribution in [0.25, 0.3) is 0 Å². The predicted molar refractivity (Wildman–Crippen MR) is 123 cm³/mol. The minimum atomic E-state index is -0.210. The molecule has 1 fully saturated rings. The molecule has 0 amide bonds. The standard InChI is InChI=1S/C27H41NO/c1-6-7-17-27(5,25(29)20-26(2,3)4)22-15-18-28(19-16-22)24-14-10-12-21-11-8-9-13-23(21)24/h6,8-9,11,13,22,24H,1,7,10,12,14-20H2,2-5H3. The van der Waals surface area contributed by atoms with Gasteiger partial charge in [0.05, 0.1) is 0 Å².